The number of fused-ring (bicyclic) bond motifs is 3. The molecule has 0 aromatic carbocycles. The van der Waals surface area contributed by atoms with Crippen LogP contribution in [0.2, 0.25) is 18.1 Å². The third-order valence-electron chi connectivity index (χ3n) is 6.50. The van der Waals surface area contributed by atoms with Gasteiger partial charge in [-0.1, -0.05) is 61.6 Å². The normalized spacial score (nSPS) is 51.6. The first-order valence-electron chi connectivity index (χ1n) is 8.08. The standard InChI is InChI=1S/C18H25NSi/c1-12-11-20(3,19-2)18-16-8-5-4-7-14(16)15-10-6-9-13(12)17(15)18/h4-10,12,14-19H,11H2,1-3H3. The lowest BCUT2D eigenvalue weighted by molar-refractivity contribution is 0.415. The van der Waals surface area contributed by atoms with Crippen LogP contribution in [0.4, 0.5) is 0 Å². The molecule has 1 saturated carbocycles. The predicted octanol–water partition coefficient (Wildman–Crippen LogP) is 3.90. The second-order valence-corrected chi connectivity index (χ2v) is 11.8. The van der Waals surface area contributed by atoms with Gasteiger partial charge >= 0.3 is 0 Å². The smallest absolute Gasteiger partial charge is 0.127 e. The summed E-state index contributed by atoms with van der Waals surface area (Å²) in [5.74, 6) is 3.81. The van der Waals surface area contributed by atoms with E-state index in [-0.39, 0.29) is 0 Å². The molecule has 3 aliphatic carbocycles. The van der Waals surface area contributed by atoms with E-state index in [0.29, 0.717) is 0 Å². The van der Waals surface area contributed by atoms with Crippen molar-refractivity contribution in [1.82, 2.24) is 4.98 Å². The molecule has 0 radical (unpaired) electrons. The average molecular weight is 283 g/mol. The van der Waals surface area contributed by atoms with Crippen molar-refractivity contribution in [2.24, 2.45) is 29.6 Å². The van der Waals surface area contributed by atoms with Crippen molar-refractivity contribution in [3.8, 4) is 0 Å². The molecule has 1 N–H and O–H groups in total. The van der Waals surface area contributed by atoms with Gasteiger partial charge in [-0.3, -0.25) is 0 Å². The molecule has 1 heterocycles. The number of hydrogen-bond donors (Lipinski definition) is 1. The second kappa shape index (κ2) is 4.31. The van der Waals surface area contributed by atoms with Crippen LogP contribution in [0.5, 0.6) is 0 Å². The average Bonchev–Trinajstić information content (AvgIpc) is 2.81. The van der Waals surface area contributed by atoms with E-state index in [1.165, 1.54) is 6.04 Å². The maximum Gasteiger partial charge on any atom is 0.127 e. The Balaban J connectivity index is 1.86. The van der Waals surface area contributed by atoms with Crippen molar-refractivity contribution in [3.05, 3.63) is 48.1 Å². The monoisotopic (exact) mass is 283 g/mol. The summed E-state index contributed by atoms with van der Waals surface area (Å²) in [6.07, 6.45) is 16.8. The highest BCUT2D eigenvalue weighted by atomic mass is 28.3. The quantitative estimate of drug-likeness (QED) is 0.720. The third kappa shape index (κ3) is 1.52. The fraction of sp³-hybridized carbons (Fsp3) is 0.556. The van der Waals surface area contributed by atoms with Crippen LogP contribution < -0.4 is 4.98 Å². The molecular weight excluding hydrogens is 258 g/mol. The van der Waals surface area contributed by atoms with Crippen molar-refractivity contribution in [2.75, 3.05) is 7.05 Å². The van der Waals surface area contributed by atoms with Gasteiger partial charge in [0.1, 0.15) is 8.24 Å². The molecule has 1 aliphatic heterocycles. The first kappa shape index (κ1) is 12.8. The highest BCUT2D eigenvalue weighted by molar-refractivity contribution is 6.78. The van der Waals surface area contributed by atoms with Gasteiger partial charge in [-0.05, 0) is 48.2 Å². The molecule has 106 valence electrons. The lowest BCUT2D eigenvalue weighted by Crippen LogP contribution is -2.57. The Labute approximate surface area is 123 Å². The van der Waals surface area contributed by atoms with Crippen molar-refractivity contribution in [2.45, 2.75) is 25.1 Å². The topological polar surface area (TPSA) is 12.0 Å². The van der Waals surface area contributed by atoms with Gasteiger partial charge in [0, 0.05) is 0 Å². The van der Waals surface area contributed by atoms with E-state index in [0.717, 1.165) is 35.1 Å². The maximum atomic E-state index is 3.83. The van der Waals surface area contributed by atoms with Crippen LogP contribution in [0.15, 0.2) is 48.1 Å². The Morgan fingerprint density at radius 2 is 1.75 bits per heavy atom. The minimum Gasteiger partial charge on any atom is -0.340 e. The third-order valence-corrected chi connectivity index (χ3v) is 11.3. The van der Waals surface area contributed by atoms with Gasteiger partial charge in [0.2, 0.25) is 0 Å². The minimum absolute atomic E-state index is 0.737. The molecule has 0 aromatic heterocycles. The van der Waals surface area contributed by atoms with Gasteiger partial charge < -0.3 is 4.98 Å². The fourth-order valence-corrected chi connectivity index (χ4v) is 10.4. The summed E-state index contributed by atoms with van der Waals surface area (Å²) in [5, 5.41) is 0. The number of nitrogens with one attached hydrogen (secondary N) is 1. The number of allylic oxidation sites excluding steroid dienone is 8. The summed E-state index contributed by atoms with van der Waals surface area (Å²) in [6.45, 7) is 5.05. The molecule has 0 bridgehead atoms. The molecule has 2 fully saturated rings. The van der Waals surface area contributed by atoms with Gasteiger partial charge in [0.25, 0.3) is 0 Å². The van der Waals surface area contributed by atoms with E-state index < -0.39 is 8.24 Å². The molecular formula is C18H25NSi. The molecule has 2 heteroatoms. The Morgan fingerprint density at radius 1 is 1.05 bits per heavy atom. The molecule has 1 saturated heterocycles. The van der Waals surface area contributed by atoms with Crippen LogP contribution in [0.3, 0.4) is 0 Å². The van der Waals surface area contributed by atoms with Crippen LogP contribution in [-0.4, -0.2) is 15.3 Å². The van der Waals surface area contributed by atoms with E-state index in [9.17, 15) is 0 Å². The van der Waals surface area contributed by atoms with E-state index in [1.54, 1.807) is 5.57 Å². The highest BCUT2D eigenvalue weighted by Gasteiger charge is 2.59. The highest BCUT2D eigenvalue weighted by Crippen LogP contribution is 2.63. The summed E-state index contributed by atoms with van der Waals surface area (Å²) in [7, 11) is 0.832. The zero-order chi connectivity index (χ0) is 13.9. The Kier molecular flexibility index (Phi) is 2.77. The number of rotatable bonds is 1. The van der Waals surface area contributed by atoms with Gasteiger partial charge in [-0.2, -0.15) is 0 Å². The minimum atomic E-state index is -1.39. The molecule has 0 spiro atoms. The Morgan fingerprint density at radius 3 is 2.50 bits per heavy atom. The summed E-state index contributed by atoms with van der Waals surface area (Å²) in [4.78, 5) is 3.83. The first-order chi connectivity index (χ1) is 9.65. The van der Waals surface area contributed by atoms with Crippen LogP contribution in [-0.2, 0) is 0 Å². The van der Waals surface area contributed by atoms with Crippen LogP contribution in [0.1, 0.15) is 6.92 Å². The lowest BCUT2D eigenvalue weighted by Gasteiger charge is -2.48. The van der Waals surface area contributed by atoms with Gasteiger partial charge in [-0.25, -0.2) is 0 Å². The van der Waals surface area contributed by atoms with E-state index in [2.05, 4.69) is 68.0 Å². The van der Waals surface area contributed by atoms with Crippen LogP contribution in [0.25, 0.3) is 0 Å². The Hall–Kier alpha value is -0.863. The zero-order valence-corrected chi connectivity index (χ0v) is 13.7. The zero-order valence-electron chi connectivity index (χ0n) is 12.7. The summed E-state index contributed by atoms with van der Waals surface area (Å²) in [5.41, 5.74) is 2.62. The molecule has 4 rings (SSSR count). The number of hydrogen-bond acceptors (Lipinski definition) is 1. The first-order valence-corrected chi connectivity index (χ1v) is 10.9. The van der Waals surface area contributed by atoms with E-state index in [4.69, 9.17) is 0 Å². The largest absolute Gasteiger partial charge is 0.340 e. The van der Waals surface area contributed by atoms with Gasteiger partial charge in [-0.15, -0.1) is 0 Å². The van der Waals surface area contributed by atoms with Gasteiger partial charge in [0.15, 0.2) is 0 Å². The Bertz CT molecular complexity index is 544. The molecule has 7 atom stereocenters. The SMILES string of the molecule is CN[Si]1(C)CC(C)C2=CC=CC3C4C=CC=CC4C1C23. The van der Waals surface area contributed by atoms with Crippen molar-refractivity contribution in [1.29, 1.82) is 0 Å². The van der Waals surface area contributed by atoms with Gasteiger partial charge in [0.05, 0.1) is 0 Å². The summed E-state index contributed by atoms with van der Waals surface area (Å²) >= 11 is 0. The van der Waals surface area contributed by atoms with E-state index in [1.807, 2.05) is 0 Å². The van der Waals surface area contributed by atoms with E-state index >= 15 is 0 Å². The molecule has 4 aliphatic rings. The molecule has 20 heavy (non-hydrogen) atoms. The van der Waals surface area contributed by atoms with Crippen LogP contribution >= 0.6 is 0 Å². The van der Waals surface area contributed by atoms with Crippen molar-refractivity contribution >= 4 is 8.24 Å². The van der Waals surface area contributed by atoms with Crippen LogP contribution in [0, 0.1) is 29.6 Å². The predicted molar refractivity (Wildman–Crippen MR) is 87.9 cm³/mol. The fourth-order valence-electron chi connectivity index (χ4n) is 5.66. The van der Waals surface area contributed by atoms with Crippen molar-refractivity contribution in [3.63, 3.8) is 0 Å². The summed E-state index contributed by atoms with van der Waals surface area (Å²) < 4.78 is 0. The van der Waals surface area contributed by atoms with Crippen molar-refractivity contribution < 1.29 is 0 Å². The maximum absolute atomic E-state index is 3.83. The molecule has 7 unspecified atom stereocenters. The lowest BCUT2D eigenvalue weighted by atomic mass is 9.76. The molecule has 1 nitrogen and oxygen atoms in total. The second-order valence-electron chi connectivity index (χ2n) is 7.38. The molecule has 0 aromatic rings. The summed E-state index contributed by atoms with van der Waals surface area (Å²) in [6, 6.07) is 1.40. The molecule has 0 amide bonds.